The molecule has 0 radical (unpaired) electrons. The number of carbonyl (C=O) groups is 3. The van der Waals surface area contributed by atoms with Crippen LogP contribution in [0.15, 0.2) is 48.5 Å². The fraction of sp³-hybridized carbons (Fsp3) is 0.423. The standard InChI is InChI=1S/C26H29N3O4/c30-23-8-7-22(28-23)24(31)29-13-10-26(11-14-29)17-19-4-2-6-21(16-19)33-20-5-1-3-18(15-20)9-12-27-25(26)32/h1-6,15-16,22H,7-14,17H2,(H,27,32)(H,28,30)/t22-/m1/s1. The maximum absolute atomic E-state index is 13.5. The van der Waals surface area contributed by atoms with Gasteiger partial charge in [-0.1, -0.05) is 24.3 Å². The zero-order chi connectivity index (χ0) is 22.8. The van der Waals surface area contributed by atoms with E-state index in [2.05, 4.69) is 10.6 Å². The van der Waals surface area contributed by atoms with Crippen LogP contribution in [0, 0.1) is 5.41 Å². The SMILES string of the molecule is O=C1CC[C@H](C(=O)N2CCC3(CC2)Cc2cccc(c2)Oc2cccc(c2)CCNC3=O)N1. The number of nitrogens with one attached hydrogen (secondary N) is 2. The van der Waals surface area contributed by atoms with E-state index in [0.29, 0.717) is 51.7 Å². The minimum Gasteiger partial charge on any atom is -0.457 e. The summed E-state index contributed by atoms with van der Waals surface area (Å²) in [4.78, 5) is 39.7. The fourth-order valence-corrected chi connectivity index (χ4v) is 5.18. The van der Waals surface area contributed by atoms with Crippen molar-refractivity contribution < 1.29 is 19.1 Å². The molecular weight excluding hydrogens is 418 g/mol. The zero-order valence-electron chi connectivity index (χ0n) is 18.6. The lowest BCUT2D eigenvalue weighted by atomic mass is 9.72. The predicted octanol–water partition coefficient (Wildman–Crippen LogP) is 2.58. The quantitative estimate of drug-likeness (QED) is 0.704. The number of hydrogen-bond donors (Lipinski definition) is 2. The monoisotopic (exact) mass is 447 g/mol. The molecule has 3 aliphatic rings. The second kappa shape index (κ2) is 8.89. The number of ether oxygens (including phenoxy) is 1. The molecule has 1 atom stereocenters. The van der Waals surface area contributed by atoms with Gasteiger partial charge in [-0.25, -0.2) is 0 Å². The van der Waals surface area contributed by atoms with Gasteiger partial charge in [0.15, 0.2) is 0 Å². The molecule has 33 heavy (non-hydrogen) atoms. The second-order valence-electron chi connectivity index (χ2n) is 9.34. The van der Waals surface area contributed by atoms with Crippen molar-refractivity contribution in [3.8, 4) is 11.5 Å². The molecule has 1 spiro atoms. The van der Waals surface area contributed by atoms with Crippen LogP contribution in [0.25, 0.3) is 0 Å². The highest BCUT2D eigenvalue weighted by Crippen LogP contribution is 2.37. The molecule has 0 saturated carbocycles. The Morgan fingerprint density at radius 3 is 2.36 bits per heavy atom. The maximum Gasteiger partial charge on any atom is 0.245 e. The number of piperidine rings is 1. The normalized spacial score (nSPS) is 22.3. The Hall–Kier alpha value is -3.35. The molecule has 5 rings (SSSR count). The Balaban J connectivity index is 1.37. The summed E-state index contributed by atoms with van der Waals surface area (Å²) in [5.74, 6) is 1.49. The van der Waals surface area contributed by atoms with Crippen molar-refractivity contribution in [1.29, 1.82) is 0 Å². The summed E-state index contributed by atoms with van der Waals surface area (Å²) in [5.41, 5.74) is 1.57. The Morgan fingerprint density at radius 2 is 1.67 bits per heavy atom. The Morgan fingerprint density at radius 1 is 0.970 bits per heavy atom. The topological polar surface area (TPSA) is 87.7 Å². The van der Waals surface area contributed by atoms with Crippen LogP contribution in [0.3, 0.4) is 0 Å². The van der Waals surface area contributed by atoms with E-state index in [9.17, 15) is 14.4 Å². The maximum atomic E-state index is 13.5. The van der Waals surface area contributed by atoms with E-state index in [4.69, 9.17) is 4.74 Å². The third kappa shape index (κ3) is 4.58. The molecule has 2 aromatic rings. The van der Waals surface area contributed by atoms with Crippen molar-refractivity contribution in [2.24, 2.45) is 5.41 Å². The molecule has 2 N–H and O–H groups in total. The van der Waals surface area contributed by atoms with Gasteiger partial charge < -0.3 is 20.3 Å². The minimum absolute atomic E-state index is 0.0320. The summed E-state index contributed by atoms with van der Waals surface area (Å²) in [6.07, 6.45) is 3.44. The summed E-state index contributed by atoms with van der Waals surface area (Å²) in [6, 6.07) is 15.5. The molecule has 172 valence electrons. The van der Waals surface area contributed by atoms with Crippen molar-refractivity contribution in [2.75, 3.05) is 19.6 Å². The number of fused-ring (bicyclic) bond motifs is 4. The van der Waals surface area contributed by atoms with Gasteiger partial charge in [0, 0.05) is 26.1 Å². The van der Waals surface area contributed by atoms with E-state index in [1.165, 1.54) is 0 Å². The molecule has 2 fully saturated rings. The number of amides is 3. The van der Waals surface area contributed by atoms with Crippen molar-refractivity contribution in [2.45, 2.75) is 44.6 Å². The van der Waals surface area contributed by atoms with E-state index < -0.39 is 11.5 Å². The number of hydrogen-bond acceptors (Lipinski definition) is 4. The van der Waals surface area contributed by atoms with Crippen LogP contribution in [0.4, 0.5) is 0 Å². The average molecular weight is 448 g/mol. The van der Waals surface area contributed by atoms with E-state index in [1.54, 1.807) is 4.90 Å². The first-order chi connectivity index (χ1) is 16.0. The highest BCUT2D eigenvalue weighted by Gasteiger charge is 2.43. The van der Waals surface area contributed by atoms with Crippen LogP contribution in [-0.2, 0) is 27.2 Å². The molecule has 2 aromatic carbocycles. The molecule has 3 amide bonds. The molecule has 0 unspecified atom stereocenters. The Kier molecular flexibility index (Phi) is 5.79. The van der Waals surface area contributed by atoms with Gasteiger partial charge in [-0.05, 0) is 67.5 Å². The number of likely N-dealkylation sites (tertiary alicyclic amines) is 1. The first kappa shape index (κ1) is 21.5. The lowest BCUT2D eigenvalue weighted by molar-refractivity contribution is -0.142. The van der Waals surface area contributed by atoms with Gasteiger partial charge in [-0.15, -0.1) is 0 Å². The van der Waals surface area contributed by atoms with Gasteiger partial charge in [-0.2, -0.15) is 0 Å². The smallest absolute Gasteiger partial charge is 0.245 e. The molecule has 3 heterocycles. The summed E-state index contributed by atoms with van der Waals surface area (Å²) < 4.78 is 6.10. The molecule has 4 bridgehead atoms. The lowest BCUT2D eigenvalue weighted by Gasteiger charge is -2.41. The minimum atomic E-state index is -0.582. The number of benzene rings is 2. The lowest BCUT2D eigenvalue weighted by Crippen LogP contribution is -2.54. The van der Waals surface area contributed by atoms with Gasteiger partial charge in [-0.3, -0.25) is 14.4 Å². The first-order valence-corrected chi connectivity index (χ1v) is 11.7. The highest BCUT2D eigenvalue weighted by atomic mass is 16.5. The summed E-state index contributed by atoms with van der Waals surface area (Å²) in [6.45, 7) is 1.57. The number of rotatable bonds is 1. The summed E-state index contributed by atoms with van der Waals surface area (Å²) in [7, 11) is 0. The van der Waals surface area contributed by atoms with Gasteiger partial charge in [0.05, 0.1) is 5.41 Å². The van der Waals surface area contributed by atoms with Crippen molar-refractivity contribution in [1.82, 2.24) is 15.5 Å². The molecular formula is C26H29N3O4. The molecule has 0 aliphatic carbocycles. The molecule has 2 saturated heterocycles. The molecule has 3 aliphatic heterocycles. The van der Waals surface area contributed by atoms with E-state index in [1.807, 2.05) is 48.5 Å². The van der Waals surface area contributed by atoms with Crippen molar-refractivity contribution in [3.05, 3.63) is 59.7 Å². The fourth-order valence-electron chi connectivity index (χ4n) is 5.18. The van der Waals surface area contributed by atoms with E-state index >= 15 is 0 Å². The summed E-state index contributed by atoms with van der Waals surface area (Å²) >= 11 is 0. The largest absolute Gasteiger partial charge is 0.457 e. The third-order valence-corrected chi connectivity index (χ3v) is 7.08. The summed E-state index contributed by atoms with van der Waals surface area (Å²) in [5, 5.41) is 5.93. The van der Waals surface area contributed by atoms with E-state index in [-0.39, 0.29) is 17.7 Å². The van der Waals surface area contributed by atoms with Gasteiger partial charge >= 0.3 is 0 Å². The first-order valence-electron chi connectivity index (χ1n) is 11.7. The van der Waals surface area contributed by atoms with Crippen LogP contribution >= 0.6 is 0 Å². The number of nitrogens with zero attached hydrogens (tertiary/aromatic N) is 1. The van der Waals surface area contributed by atoms with Crippen LogP contribution in [0.1, 0.15) is 36.8 Å². The zero-order valence-corrected chi connectivity index (χ0v) is 18.6. The van der Waals surface area contributed by atoms with Gasteiger partial charge in [0.25, 0.3) is 0 Å². The van der Waals surface area contributed by atoms with Crippen LogP contribution in [-0.4, -0.2) is 48.3 Å². The predicted molar refractivity (Wildman–Crippen MR) is 123 cm³/mol. The van der Waals surface area contributed by atoms with E-state index in [0.717, 1.165) is 29.0 Å². The third-order valence-electron chi connectivity index (χ3n) is 7.08. The van der Waals surface area contributed by atoms with Crippen LogP contribution in [0.2, 0.25) is 0 Å². The van der Waals surface area contributed by atoms with Crippen LogP contribution < -0.4 is 15.4 Å². The Labute approximate surface area is 193 Å². The Bertz CT molecular complexity index is 1070. The van der Waals surface area contributed by atoms with Crippen LogP contribution in [0.5, 0.6) is 11.5 Å². The van der Waals surface area contributed by atoms with Gasteiger partial charge in [0.2, 0.25) is 17.7 Å². The average Bonchev–Trinajstić information content (AvgIpc) is 3.25. The second-order valence-corrected chi connectivity index (χ2v) is 9.34. The van der Waals surface area contributed by atoms with Crippen molar-refractivity contribution in [3.63, 3.8) is 0 Å². The molecule has 7 nitrogen and oxygen atoms in total. The van der Waals surface area contributed by atoms with Crippen molar-refractivity contribution >= 4 is 17.7 Å². The number of carbonyl (C=O) groups excluding carboxylic acids is 3. The van der Waals surface area contributed by atoms with Gasteiger partial charge in [0.1, 0.15) is 17.5 Å². The highest BCUT2D eigenvalue weighted by molar-refractivity contribution is 5.91. The molecule has 7 heteroatoms. The molecule has 0 aromatic heterocycles.